The lowest BCUT2D eigenvalue weighted by molar-refractivity contribution is 0.263. The summed E-state index contributed by atoms with van der Waals surface area (Å²) >= 11 is 6.22. The highest BCUT2D eigenvalue weighted by Crippen LogP contribution is 2.58. The molecule has 0 aliphatic heterocycles. The molecule has 2 fully saturated rings. The number of nitroso groups, excluding NO2 is 1. The highest BCUT2D eigenvalue weighted by atomic mass is 35.5. The molecule has 6 atom stereocenters. The standard InChI is InChI=1S/C10H12ClNO/c11-9-7-4-8(10(9)12-13)6-3-1-2-5(6)7/h1,3,5-10H,2,4H2/t5-,6+,7?,8?,9+,10+/m1/s1. The first kappa shape index (κ1) is 7.98. The summed E-state index contributed by atoms with van der Waals surface area (Å²) in [6.45, 7) is 0. The molecule has 0 heterocycles. The molecule has 0 radical (unpaired) electrons. The molecule has 2 bridgehead atoms. The molecule has 3 rings (SSSR count). The van der Waals surface area contributed by atoms with E-state index in [4.69, 9.17) is 11.6 Å². The largest absolute Gasteiger partial charge is 0.150 e. The quantitative estimate of drug-likeness (QED) is 0.361. The summed E-state index contributed by atoms with van der Waals surface area (Å²) < 4.78 is 0. The van der Waals surface area contributed by atoms with Crippen molar-refractivity contribution in [3.63, 3.8) is 0 Å². The van der Waals surface area contributed by atoms with Crippen LogP contribution in [0.15, 0.2) is 17.3 Å². The lowest BCUT2D eigenvalue weighted by Gasteiger charge is -2.30. The molecular formula is C10H12ClNO. The molecule has 0 N–H and O–H groups in total. The molecule has 70 valence electrons. The Morgan fingerprint density at radius 2 is 2.15 bits per heavy atom. The summed E-state index contributed by atoms with van der Waals surface area (Å²) in [5.41, 5.74) is 0. The topological polar surface area (TPSA) is 29.4 Å². The number of alkyl halides is 1. The molecule has 0 spiro atoms. The van der Waals surface area contributed by atoms with Crippen LogP contribution in [0.2, 0.25) is 0 Å². The zero-order valence-electron chi connectivity index (χ0n) is 7.27. The Kier molecular flexibility index (Phi) is 1.58. The first-order chi connectivity index (χ1) is 6.33. The minimum absolute atomic E-state index is 0.0173. The van der Waals surface area contributed by atoms with Gasteiger partial charge >= 0.3 is 0 Å². The van der Waals surface area contributed by atoms with Gasteiger partial charge in [0.25, 0.3) is 0 Å². The van der Waals surface area contributed by atoms with E-state index in [1.54, 1.807) is 0 Å². The smallest absolute Gasteiger partial charge is 0.112 e. The fraction of sp³-hybridized carbons (Fsp3) is 0.800. The summed E-state index contributed by atoms with van der Waals surface area (Å²) in [5.74, 6) is 2.34. The third-order valence-corrected chi connectivity index (χ3v) is 4.73. The first-order valence-corrected chi connectivity index (χ1v) is 5.40. The first-order valence-electron chi connectivity index (χ1n) is 4.96. The van der Waals surface area contributed by atoms with Crippen molar-refractivity contribution in [2.75, 3.05) is 0 Å². The van der Waals surface area contributed by atoms with Crippen molar-refractivity contribution >= 4 is 11.6 Å². The summed E-state index contributed by atoms with van der Waals surface area (Å²) in [6, 6.07) is -0.115. The van der Waals surface area contributed by atoms with Gasteiger partial charge in [-0.2, -0.15) is 4.91 Å². The van der Waals surface area contributed by atoms with Gasteiger partial charge in [-0.3, -0.25) is 0 Å². The van der Waals surface area contributed by atoms with Crippen LogP contribution in [0.5, 0.6) is 0 Å². The van der Waals surface area contributed by atoms with Crippen molar-refractivity contribution in [3.8, 4) is 0 Å². The van der Waals surface area contributed by atoms with Crippen LogP contribution in [0.3, 0.4) is 0 Å². The van der Waals surface area contributed by atoms with Gasteiger partial charge in [-0.25, -0.2) is 0 Å². The third kappa shape index (κ3) is 0.850. The maximum Gasteiger partial charge on any atom is 0.112 e. The Morgan fingerprint density at radius 3 is 2.92 bits per heavy atom. The van der Waals surface area contributed by atoms with E-state index < -0.39 is 0 Å². The lowest BCUT2D eigenvalue weighted by atomic mass is 9.79. The SMILES string of the molecule is O=N[C@H]1C2CC([C@@H]1Cl)[C@@H]1CC=C[C@H]21. The number of halogens is 1. The van der Waals surface area contributed by atoms with Gasteiger partial charge in [0.1, 0.15) is 6.04 Å². The van der Waals surface area contributed by atoms with E-state index in [1.807, 2.05) is 0 Å². The molecule has 13 heavy (non-hydrogen) atoms. The predicted molar refractivity (Wildman–Crippen MR) is 51.6 cm³/mol. The maximum atomic E-state index is 10.6. The number of hydrogen-bond acceptors (Lipinski definition) is 2. The van der Waals surface area contributed by atoms with E-state index in [9.17, 15) is 4.91 Å². The molecule has 2 saturated carbocycles. The van der Waals surface area contributed by atoms with Gasteiger partial charge in [0, 0.05) is 0 Å². The van der Waals surface area contributed by atoms with Crippen molar-refractivity contribution in [3.05, 3.63) is 17.1 Å². The van der Waals surface area contributed by atoms with Crippen LogP contribution in [-0.2, 0) is 0 Å². The molecule has 3 aliphatic carbocycles. The highest BCUT2D eigenvalue weighted by molar-refractivity contribution is 6.21. The monoisotopic (exact) mass is 197 g/mol. The zero-order chi connectivity index (χ0) is 9.00. The predicted octanol–water partition coefficient (Wildman–Crippen LogP) is 2.57. The Hall–Kier alpha value is -0.370. The van der Waals surface area contributed by atoms with E-state index in [-0.39, 0.29) is 11.4 Å². The number of rotatable bonds is 1. The van der Waals surface area contributed by atoms with Crippen molar-refractivity contribution in [1.82, 2.24) is 0 Å². The number of fused-ring (bicyclic) bond motifs is 5. The zero-order valence-corrected chi connectivity index (χ0v) is 8.02. The van der Waals surface area contributed by atoms with Crippen molar-refractivity contribution in [2.24, 2.45) is 28.8 Å². The van der Waals surface area contributed by atoms with Crippen molar-refractivity contribution in [1.29, 1.82) is 0 Å². The van der Waals surface area contributed by atoms with Crippen LogP contribution in [0.1, 0.15) is 12.8 Å². The molecule has 3 heteroatoms. The van der Waals surface area contributed by atoms with Gasteiger partial charge in [0.15, 0.2) is 0 Å². The number of nitrogens with zero attached hydrogens (tertiary/aromatic N) is 1. The lowest BCUT2D eigenvalue weighted by Crippen LogP contribution is -2.35. The fourth-order valence-electron chi connectivity index (χ4n) is 3.62. The third-order valence-electron chi connectivity index (χ3n) is 4.15. The normalized spacial score (nSPS) is 57.0. The fourth-order valence-corrected chi connectivity index (χ4v) is 4.14. The molecule has 2 unspecified atom stereocenters. The second-order valence-corrected chi connectivity index (χ2v) is 5.01. The minimum Gasteiger partial charge on any atom is -0.150 e. The van der Waals surface area contributed by atoms with E-state index in [2.05, 4.69) is 17.3 Å². The minimum atomic E-state index is -0.115. The van der Waals surface area contributed by atoms with Crippen LogP contribution in [0.4, 0.5) is 0 Å². The molecule has 0 saturated heterocycles. The Bertz CT molecular complexity index is 276. The summed E-state index contributed by atoms with van der Waals surface area (Å²) in [6.07, 6.45) is 6.81. The Morgan fingerprint density at radius 1 is 1.31 bits per heavy atom. The maximum absolute atomic E-state index is 10.6. The van der Waals surface area contributed by atoms with Gasteiger partial charge in [-0.1, -0.05) is 17.3 Å². The van der Waals surface area contributed by atoms with Crippen molar-refractivity contribution < 1.29 is 0 Å². The van der Waals surface area contributed by atoms with Gasteiger partial charge in [0.2, 0.25) is 0 Å². The van der Waals surface area contributed by atoms with Gasteiger partial charge in [-0.15, -0.1) is 11.6 Å². The van der Waals surface area contributed by atoms with Crippen LogP contribution in [0, 0.1) is 28.6 Å². The van der Waals surface area contributed by atoms with Crippen LogP contribution < -0.4 is 0 Å². The Balaban J connectivity index is 1.94. The molecule has 3 aliphatic rings. The molecule has 0 aromatic heterocycles. The van der Waals surface area contributed by atoms with Crippen LogP contribution >= 0.6 is 11.6 Å². The number of allylic oxidation sites excluding steroid dienone is 2. The second-order valence-electron chi connectivity index (χ2n) is 4.51. The van der Waals surface area contributed by atoms with E-state index in [0.717, 1.165) is 12.3 Å². The average molecular weight is 198 g/mol. The van der Waals surface area contributed by atoms with Gasteiger partial charge in [0.05, 0.1) is 5.38 Å². The molecule has 0 aromatic carbocycles. The molecule has 0 amide bonds. The Labute approximate surface area is 82.3 Å². The van der Waals surface area contributed by atoms with Gasteiger partial charge < -0.3 is 0 Å². The average Bonchev–Trinajstić information content (AvgIpc) is 2.71. The van der Waals surface area contributed by atoms with Crippen LogP contribution in [-0.4, -0.2) is 11.4 Å². The summed E-state index contributed by atoms with van der Waals surface area (Å²) in [7, 11) is 0. The molecule has 0 aromatic rings. The molecular weight excluding hydrogens is 186 g/mol. The van der Waals surface area contributed by atoms with E-state index >= 15 is 0 Å². The van der Waals surface area contributed by atoms with Crippen LogP contribution in [0.25, 0.3) is 0 Å². The summed E-state index contributed by atoms with van der Waals surface area (Å²) in [4.78, 5) is 10.6. The summed E-state index contributed by atoms with van der Waals surface area (Å²) in [5, 5.41) is 3.21. The van der Waals surface area contributed by atoms with Crippen molar-refractivity contribution in [2.45, 2.75) is 24.3 Å². The van der Waals surface area contributed by atoms with E-state index in [0.29, 0.717) is 17.8 Å². The highest BCUT2D eigenvalue weighted by Gasteiger charge is 2.58. The second kappa shape index (κ2) is 2.57. The number of hydrogen-bond donors (Lipinski definition) is 0. The van der Waals surface area contributed by atoms with Gasteiger partial charge in [-0.05, 0) is 36.5 Å². The van der Waals surface area contributed by atoms with E-state index in [1.165, 1.54) is 6.42 Å². The molecule has 2 nitrogen and oxygen atoms in total.